The average molecular weight is 382 g/mol. The molecule has 0 aliphatic heterocycles. The fraction of sp³-hybridized carbons (Fsp3) is 0.556. The predicted octanol–water partition coefficient (Wildman–Crippen LogP) is 2.14. The van der Waals surface area contributed by atoms with Crippen LogP contribution in [0, 0.1) is 5.92 Å². The van der Waals surface area contributed by atoms with E-state index in [1.807, 2.05) is 0 Å². The number of amides is 1. The highest BCUT2D eigenvalue weighted by Gasteiger charge is 2.24. The van der Waals surface area contributed by atoms with E-state index in [4.69, 9.17) is 5.11 Å². The van der Waals surface area contributed by atoms with Crippen molar-refractivity contribution in [3.05, 3.63) is 29.8 Å². The maximum absolute atomic E-state index is 12.2. The molecule has 0 unspecified atom stereocenters. The average Bonchev–Trinajstić information content (AvgIpc) is 2.55. The van der Waals surface area contributed by atoms with Crippen molar-refractivity contribution in [1.82, 2.24) is 4.72 Å². The summed E-state index contributed by atoms with van der Waals surface area (Å²) in [5.74, 6) is -1.45. The molecule has 144 valence electrons. The smallest absolute Gasteiger partial charge is 0.303 e. The molecular weight excluding hydrogens is 356 g/mol. The number of sulfonamides is 1. The highest BCUT2D eigenvalue weighted by Crippen LogP contribution is 2.23. The first kappa shape index (κ1) is 20.4. The summed E-state index contributed by atoms with van der Waals surface area (Å²) in [4.78, 5) is 22.6. The summed E-state index contributed by atoms with van der Waals surface area (Å²) in [5, 5.41) is 11.2. The molecule has 0 atom stereocenters. The third kappa shape index (κ3) is 7.13. The molecule has 0 heterocycles. The SMILES string of the molecule is CC1CCC(NS(=O)(=O)CC(=O)Nc2ccc(CCC(=O)O)cc2)CC1. The number of rotatable bonds is 8. The van der Waals surface area contributed by atoms with Gasteiger partial charge in [-0.05, 0) is 55.7 Å². The van der Waals surface area contributed by atoms with E-state index in [2.05, 4.69) is 17.0 Å². The number of aryl methyl sites for hydroxylation is 1. The van der Waals surface area contributed by atoms with Crippen molar-refractivity contribution in [2.45, 2.75) is 51.5 Å². The molecule has 0 saturated heterocycles. The lowest BCUT2D eigenvalue weighted by Crippen LogP contribution is -2.41. The number of carbonyl (C=O) groups excluding carboxylic acids is 1. The molecule has 26 heavy (non-hydrogen) atoms. The maximum atomic E-state index is 12.2. The van der Waals surface area contributed by atoms with Crippen LogP contribution in [0.3, 0.4) is 0 Å². The van der Waals surface area contributed by atoms with Gasteiger partial charge in [0.05, 0.1) is 0 Å². The first-order valence-electron chi connectivity index (χ1n) is 8.84. The topological polar surface area (TPSA) is 113 Å². The second-order valence-electron chi connectivity index (χ2n) is 6.97. The van der Waals surface area contributed by atoms with Crippen LogP contribution in [0.1, 0.15) is 44.6 Å². The van der Waals surface area contributed by atoms with E-state index < -0.39 is 27.7 Å². The fourth-order valence-electron chi connectivity index (χ4n) is 3.05. The van der Waals surface area contributed by atoms with Crippen LogP contribution in [0.4, 0.5) is 5.69 Å². The summed E-state index contributed by atoms with van der Waals surface area (Å²) in [6.45, 7) is 2.16. The van der Waals surface area contributed by atoms with E-state index in [0.717, 1.165) is 31.2 Å². The molecular formula is C18H26N2O5S. The molecule has 2 rings (SSSR count). The van der Waals surface area contributed by atoms with Crippen LogP contribution in [0.5, 0.6) is 0 Å². The van der Waals surface area contributed by atoms with Gasteiger partial charge in [0.15, 0.2) is 0 Å². The first-order chi connectivity index (χ1) is 12.2. The molecule has 1 fully saturated rings. The second kappa shape index (κ2) is 9.14. The van der Waals surface area contributed by atoms with Crippen LogP contribution in [-0.2, 0) is 26.0 Å². The van der Waals surface area contributed by atoms with Crippen molar-refractivity contribution in [1.29, 1.82) is 0 Å². The molecule has 3 N–H and O–H groups in total. The Kier molecular flexibility index (Phi) is 7.16. The summed E-state index contributed by atoms with van der Waals surface area (Å²) in [5.41, 5.74) is 1.32. The third-order valence-corrected chi connectivity index (χ3v) is 5.88. The van der Waals surface area contributed by atoms with Gasteiger partial charge >= 0.3 is 5.97 Å². The van der Waals surface area contributed by atoms with Gasteiger partial charge < -0.3 is 10.4 Å². The molecule has 1 aromatic rings. The van der Waals surface area contributed by atoms with Crippen LogP contribution in [0.25, 0.3) is 0 Å². The lowest BCUT2D eigenvalue weighted by molar-refractivity contribution is -0.137. The highest BCUT2D eigenvalue weighted by atomic mass is 32.2. The Hall–Kier alpha value is -1.93. The van der Waals surface area contributed by atoms with Crippen molar-refractivity contribution >= 4 is 27.6 Å². The van der Waals surface area contributed by atoms with E-state index >= 15 is 0 Å². The summed E-state index contributed by atoms with van der Waals surface area (Å²) >= 11 is 0. The zero-order valence-corrected chi connectivity index (χ0v) is 15.7. The Morgan fingerprint density at radius 2 is 1.73 bits per heavy atom. The van der Waals surface area contributed by atoms with Gasteiger partial charge in [0.2, 0.25) is 15.9 Å². The zero-order valence-electron chi connectivity index (χ0n) is 14.9. The Morgan fingerprint density at radius 3 is 2.31 bits per heavy atom. The van der Waals surface area contributed by atoms with Gasteiger partial charge in [-0.15, -0.1) is 0 Å². The highest BCUT2D eigenvalue weighted by molar-refractivity contribution is 7.90. The molecule has 1 aliphatic carbocycles. The first-order valence-corrected chi connectivity index (χ1v) is 10.5. The molecule has 0 spiro atoms. The van der Waals surface area contributed by atoms with Crippen LogP contribution < -0.4 is 10.0 Å². The van der Waals surface area contributed by atoms with Gasteiger partial charge in [0, 0.05) is 18.2 Å². The normalized spacial score (nSPS) is 20.5. The Morgan fingerprint density at radius 1 is 1.12 bits per heavy atom. The van der Waals surface area contributed by atoms with Crippen LogP contribution in [0.2, 0.25) is 0 Å². The third-order valence-electron chi connectivity index (χ3n) is 4.55. The number of benzene rings is 1. The largest absolute Gasteiger partial charge is 0.481 e. The molecule has 0 bridgehead atoms. The number of nitrogens with one attached hydrogen (secondary N) is 2. The summed E-state index contributed by atoms with van der Waals surface area (Å²) in [6, 6.07) is 6.62. The van der Waals surface area contributed by atoms with E-state index in [1.54, 1.807) is 24.3 Å². The van der Waals surface area contributed by atoms with E-state index in [9.17, 15) is 18.0 Å². The number of hydrogen-bond donors (Lipinski definition) is 3. The molecule has 1 saturated carbocycles. The Balaban J connectivity index is 1.82. The predicted molar refractivity (Wildman–Crippen MR) is 99.4 cm³/mol. The van der Waals surface area contributed by atoms with Gasteiger partial charge in [-0.3, -0.25) is 9.59 Å². The van der Waals surface area contributed by atoms with Crippen molar-refractivity contribution < 1.29 is 23.1 Å². The van der Waals surface area contributed by atoms with E-state index in [-0.39, 0.29) is 12.5 Å². The minimum absolute atomic E-state index is 0.0373. The minimum Gasteiger partial charge on any atom is -0.481 e. The zero-order chi connectivity index (χ0) is 19.2. The van der Waals surface area contributed by atoms with Crippen LogP contribution >= 0.6 is 0 Å². The van der Waals surface area contributed by atoms with Crippen molar-refractivity contribution in [2.75, 3.05) is 11.1 Å². The van der Waals surface area contributed by atoms with Gasteiger partial charge in [0.25, 0.3) is 0 Å². The summed E-state index contributed by atoms with van der Waals surface area (Å²) in [6.07, 6.45) is 4.04. The van der Waals surface area contributed by atoms with Gasteiger partial charge in [-0.1, -0.05) is 19.1 Å². The molecule has 7 nitrogen and oxygen atoms in total. The quantitative estimate of drug-likeness (QED) is 0.638. The van der Waals surface area contributed by atoms with Gasteiger partial charge in [-0.2, -0.15) is 0 Å². The lowest BCUT2D eigenvalue weighted by Gasteiger charge is -2.26. The summed E-state index contributed by atoms with van der Waals surface area (Å²) in [7, 11) is -3.67. The number of hydrogen-bond acceptors (Lipinski definition) is 4. The lowest BCUT2D eigenvalue weighted by atomic mass is 9.88. The number of aliphatic carboxylic acids is 1. The summed E-state index contributed by atoms with van der Waals surface area (Å²) < 4.78 is 26.9. The van der Waals surface area contributed by atoms with Crippen molar-refractivity contribution in [2.24, 2.45) is 5.92 Å². The van der Waals surface area contributed by atoms with Crippen molar-refractivity contribution in [3.8, 4) is 0 Å². The van der Waals surface area contributed by atoms with Crippen LogP contribution in [-0.4, -0.2) is 37.2 Å². The molecule has 1 aliphatic rings. The van der Waals surface area contributed by atoms with Gasteiger partial charge in [-0.25, -0.2) is 13.1 Å². The monoisotopic (exact) mass is 382 g/mol. The number of carboxylic acids is 1. The maximum Gasteiger partial charge on any atom is 0.303 e. The fourth-order valence-corrected chi connectivity index (χ4v) is 4.29. The minimum atomic E-state index is -3.67. The number of anilines is 1. The van der Waals surface area contributed by atoms with Crippen molar-refractivity contribution in [3.63, 3.8) is 0 Å². The molecule has 1 aromatic carbocycles. The Labute approximate surface area is 154 Å². The second-order valence-corrected chi connectivity index (χ2v) is 8.73. The van der Waals surface area contributed by atoms with Crippen LogP contribution in [0.15, 0.2) is 24.3 Å². The molecule has 0 aromatic heterocycles. The molecule has 0 radical (unpaired) electrons. The van der Waals surface area contributed by atoms with E-state index in [0.29, 0.717) is 18.0 Å². The molecule has 1 amide bonds. The van der Waals surface area contributed by atoms with E-state index in [1.165, 1.54) is 0 Å². The number of carbonyl (C=O) groups is 2. The van der Waals surface area contributed by atoms with Gasteiger partial charge in [0.1, 0.15) is 5.75 Å². The molecule has 8 heteroatoms. The Bertz CT molecular complexity index is 722. The standard InChI is InChI=1S/C18H26N2O5S/c1-13-2-7-16(8-3-13)20-26(24,25)12-17(21)19-15-9-4-14(5-10-15)6-11-18(22)23/h4-5,9-10,13,16,20H,2-3,6-8,11-12H2,1H3,(H,19,21)(H,22,23). The number of carboxylic acid groups (broad SMARTS) is 1.